The van der Waals surface area contributed by atoms with Crippen LogP contribution in [-0.4, -0.2) is 106 Å². The van der Waals surface area contributed by atoms with Crippen molar-refractivity contribution in [2.45, 2.75) is 136 Å². The summed E-state index contributed by atoms with van der Waals surface area (Å²) in [5.74, 6) is -3.31. The molecule has 0 aliphatic carbocycles. The fourth-order valence-corrected chi connectivity index (χ4v) is 9.71. The second-order valence-corrected chi connectivity index (χ2v) is 20.5. The molecule has 446 valence electrons. The molecule has 1 N–H and O–H groups in total. The maximum atomic E-state index is 14.1. The number of esters is 1. The molecule has 4 aromatic carbocycles. The molecule has 3 heterocycles. The highest BCUT2D eigenvalue weighted by Gasteiger charge is 2.53. The third-order valence-corrected chi connectivity index (χ3v) is 14.4. The fraction of sp³-hybridized carbons (Fsp3) is 0.407. The first kappa shape index (κ1) is 63.0. The number of non-ortho nitro benzene ring substituents is 1. The number of rotatable bonds is 32. The van der Waals surface area contributed by atoms with Crippen LogP contribution in [0.1, 0.15) is 100 Å². The molecule has 84 heavy (non-hydrogen) atoms. The number of hydrogen-bond acceptors (Lipinski definition) is 15. The standard InChI is InChI=1S/C59H68ClN9O15/c1-42(70)65(82-39-44-18-6-3-7-19-44)35-15-12-32-62-57(76)63(33-13-16-36-66(43(2)71)83-40-45-20-8-4-9-21-45)59(78)64(58(62)77)34-14-17-37-67(84-41-46-22-10-5-11-23-46)52(73)31-30-51(72)61-53-50-29-28-49(60)54(68(50)55(53)74)56(75)81-38-47-24-26-48(27-25-47)69(79)80/h3-11,18-27,50,53H,12-17,28-41H2,1-2H3,(H,61,72)/t50-,53+/m1/s1. The Hall–Kier alpha value is -8.58. The number of carbonyl (C=O) groups excluding carboxylic acids is 6. The van der Waals surface area contributed by atoms with Crippen molar-refractivity contribution >= 4 is 52.8 Å². The summed E-state index contributed by atoms with van der Waals surface area (Å²) in [6.07, 6.45) is 1.47. The van der Waals surface area contributed by atoms with Crippen molar-refractivity contribution in [2.24, 2.45) is 0 Å². The van der Waals surface area contributed by atoms with E-state index in [1.54, 1.807) is 24.3 Å². The Morgan fingerprint density at radius 2 is 1.00 bits per heavy atom. The third-order valence-electron chi connectivity index (χ3n) is 14.0. The molecule has 2 atom stereocenters. The van der Waals surface area contributed by atoms with E-state index in [0.29, 0.717) is 24.8 Å². The van der Waals surface area contributed by atoms with E-state index in [2.05, 4.69) is 5.32 Å². The lowest BCUT2D eigenvalue weighted by atomic mass is 9.86. The van der Waals surface area contributed by atoms with Crippen LogP contribution in [0.15, 0.2) is 140 Å². The number of amides is 5. The average Bonchev–Trinajstić information content (AvgIpc) is 1.21. The van der Waals surface area contributed by atoms with Crippen molar-refractivity contribution in [2.75, 3.05) is 19.6 Å². The smallest absolute Gasteiger partial charge is 0.356 e. The van der Waals surface area contributed by atoms with E-state index in [-0.39, 0.29) is 139 Å². The van der Waals surface area contributed by atoms with Gasteiger partial charge in [-0.1, -0.05) is 103 Å². The summed E-state index contributed by atoms with van der Waals surface area (Å²) in [5, 5.41) is 17.4. The summed E-state index contributed by atoms with van der Waals surface area (Å²) in [6.45, 7) is 2.79. The number of allylic oxidation sites excluding steroid dienone is 1. The van der Waals surface area contributed by atoms with Gasteiger partial charge in [-0.3, -0.25) is 53.5 Å². The Bertz CT molecular complexity index is 3210. The first-order valence-electron chi connectivity index (χ1n) is 27.7. The van der Waals surface area contributed by atoms with Crippen molar-refractivity contribution in [1.29, 1.82) is 0 Å². The average molecular weight is 1180 g/mol. The van der Waals surface area contributed by atoms with Gasteiger partial charge in [0.2, 0.25) is 23.6 Å². The highest BCUT2D eigenvalue weighted by atomic mass is 35.5. The van der Waals surface area contributed by atoms with Crippen molar-refractivity contribution in [3.8, 4) is 0 Å². The van der Waals surface area contributed by atoms with E-state index in [4.69, 9.17) is 30.9 Å². The number of unbranched alkanes of at least 4 members (excludes halogenated alkanes) is 3. The largest absolute Gasteiger partial charge is 0.456 e. The first-order chi connectivity index (χ1) is 40.5. The van der Waals surface area contributed by atoms with Crippen molar-refractivity contribution in [1.82, 2.24) is 39.1 Å². The lowest BCUT2D eigenvalue weighted by molar-refractivity contribution is -0.384. The van der Waals surface area contributed by atoms with Crippen molar-refractivity contribution in [3.05, 3.63) is 190 Å². The van der Waals surface area contributed by atoms with Crippen LogP contribution in [0.25, 0.3) is 0 Å². The Balaban J connectivity index is 0.970. The van der Waals surface area contributed by atoms with Gasteiger partial charge in [0, 0.05) is 83.1 Å². The summed E-state index contributed by atoms with van der Waals surface area (Å²) in [4.78, 5) is 150. The number of carbonyl (C=O) groups is 6. The predicted octanol–water partition coefficient (Wildman–Crippen LogP) is 5.80. The molecule has 1 saturated heterocycles. The second kappa shape index (κ2) is 31.2. The highest BCUT2D eigenvalue weighted by Crippen LogP contribution is 2.38. The minimum absolute atomic E-state index is 0.0105. The number of ether oxygens (including phenoxy) is 1. The molecule has 2 aliphatic rings. The van der Waals surface area contributed by atoms with E-state index >= 15 is 0 Å². The second-order valence-electron chi connectivity index (χ2n) is 20.1. The van der Waals surface area contributed by atoms with Crippen LogP contribution >= 0.6 is 11.6 Å². The molecule has 0 radical (unpaired) electrons. The van der Waals surface area contributed by atoms with Crippen LogP contribution in [0, 0.1) is 10.1 Å². The van der Waals surface area contributed by atoms with E-state index in [1.165, 1.54) is 53.1 Å². The lowest BCUT2D eigenvalue weighted by Gasteiger charge is -2.49. The quantitative estimate of drug-likeness (QED) is 0.0175. The molecule has 1 fully saturated rings. The molecule has 1 aromatic heterocycles. The summed E-state index contributed by atoms with van der Waals surface area (Å²) in [5.41, 5.74) is 0.152. The van der Waals surface area contributed by atoms with Gasteiger partial charge in [0.05, 0.1) is 11.0 Å². The van der Waals surface area contributed by atoms with Crippen LogP contribution in [0.2, 0.25) is 0 Å². The Morgan fingerprint density at radius 1 is 0.583 bits per heavy atom. The van der Waals surface area contributed by atoms with E-state index in [0.717, 1.165) is 35.5 Å². The number of aromatic nitrogens is 3. The molecule has 0 saturated carbocycles. The van der Waals surface area contributed by atoms with Gasteiger partial charge in [-0.15, -0.1) is 0 Å². The van der Waals surface area contributed by atoms with Gasteiger partial charge in [-0.2, -0.15) is 0 Å². The number of benzene rings is 4. The number of halogens is 1. The Morgan fingerprint density at radius 3 is 1.43 bits per heavy atom. The SMILES string of the molecule is CC(=O)N(CCCCn1c(=O)n(CCCCN(OCc2ccccc2)C(C)=O)c(=O)n(CCCCN(OCc2ccccc2)C(=O)CCC(=O)N[C@@H]2C(=O)N3C(C(=O)OCc4ccc([N+](=O)[O-])cc4)=C(Cl)CC[C@H]23)c1=O)OCc1ccccc1. The summed E-state index contributed by atoms with van der Waals surface area (Å²) < 4.78 is 8.37. The molecule has 24 nitrogen and oxygen atoms in total. The number of nitrogens with zero attached hydrogens (tertiary/aromatic N) is 8. The third kappa shape index (κ3) is 17.5. The zero-order valence-electron chi connectivity index (χ0n) is 46.8. The number of β-lactam (4-membered cyclic amide) rings is 1. The number of hydrogen-bond donors (Lipinski definition) is 1. The zero-order chi connectivity index (χ0) is 60.1. The lowest BCUT2D eigenvalue weighted by Crippen LogP contribution is -2.71. The van der Waals surface area contributed by atoms with Crippen molar-refractivity contribution < 1.29 is 52.9 Å². The van der Waals surface area contributed by atoms with Crippen molar-refractivity contribution in [3.63, 3.8) is 0 Å². The molecule has 2 aliphatic heterocycles. The molecule has 25 heteroatoms. The van der Waals surface area contributed by atoms with Gasteiger partial charge in [0.15, 0.2) is 0 Å². The van der Waals surface area contributed by atoms with E-state index in [1.807, 2.05) is 66.7 Å². The normalized spacial score (nSPS) is 14.5. The van der Waals surface area contributed by atoms with Gasteiger partial charge < -0.3 is 10.1 Å². The number of hydroxylamine groups is 6. The van der Waals surface area contributed by atoms with E-state index < -0.39 is 57.8 Å². The molecule has 0 bridgehead atoms. The zero-order valence-corrected chi connectivity index (χ0v) is 47.6. The summed E-state index contributed by atoms with van der Waals surface area (Å²) in [6, 6.07) is 31.4. The molecular formula is C59H68ClN9O15. The summed E-state index contributed by atoms with van der Waals surface area (Å²) >= 11 is 6.43. The molecule has 5 amide bonds. The van der Waals surface area contributed by atoms with Crippen LogP contribution in [-0.2, 0) is 94.1 Å². The number of nitro groups is 1. The van der Waals surface area contributed by atoms with Crippen LogP contribution < -0.4 is 22.4 Å². The fourth-order valence-electron chi connectivity index (χ4n) is 9.43. The first-order valence-corrected chi connectivity index (χ1v) is 28.1. The summed E-state index contributed by atoms with van der Waals surface area (Å²) in [7, 11) is 0. The maximum Gasteiger partial charge on any atom is 0.356 e. The van der Waals surface area contributed by atoms with Crippen LogP contribution in [0.4, 0.5) is 5.69 Å². The number of nitrogens with one attached hydrogen (secondary N) is 1. The Labute approximate surface area is 488 Å². The highest BCUT2D eigenvalue weighted by molar-refractivity contribution is 6.32. The molecule has 0 unspecified atom stereocenters. The van der Waals surface area contributed by atoms with Crippen LogP contribution in [0.5, 0.6) is 0 Å². The van der Waals surface area contributed by atoms with Gasteiger partial charge in [-0.25, -0.2) is 48.1 Å². The monoisotopic (exact) mass is 1180 g/mol. The maximum absolute atomic E-state index is 14.1. The minimum atomic E-state index is -1.01. The van der Waals surface area contributed by atoms with Gasteiger partial charge in [0.25, 0.3) is 11.6 Å². The molecule has 0 spiro atoms. The molecule has 7 rings (SSSR count). The van der Waals surface area contributed by atoms with Gasteiger partial charge in [-0.05, 0) is 85.8 Å². The van der Waals surface area contributed by atoms with Gasteiger partial charge >= 0.3 is 23.0 Å². The topological polar surface area (TPSA) is 273 Å². The molecular weight excluding hydrogens is 1110 g/mol. The van der Waals surface area contributed by atoms with E-state index in [9.17, 15) is 53.3 Å². The van der Waals surface area contributed by atoms with Crippen LogP contribution in [0.3, 0.4) is 0 Å². The Kier molecular flexibility index (Phi) is 23.4. The predicted molar refractivity (Wildman–Crippen MR) is 304 cm³/mol. The minimum Gasteiger partial charge on any atom is -0.456 e. The number of fused-ring (bicyclic) bond motifs is 1. The number of nitro benzene ring substituents is 1. The molecule has 5 aromatic rings. The van der Waals surface area contributed by atoms with Gasteiger partial charge in [0.1, 0.15) is 38.2 Å².